The number of hydrogen-bond acceptors (Lipinski definition) is 2. The van der Waals surface area contributed by atoms with Crippen LogP contribution in [0.25, 0.3) is 0 Å². The molecular weight excluding hydrogens is 162 g/mol. The molecule has 1 fully saturated rings. The first-order valence-corrected chi connectivity index (χ1v) is 5.05. The number of hydrogen-bond donors (Lipinski definition) is 1. The fourth-order valence-electron chi connectivity index (χ4n) is 1.95. The highest BCUT2D eigenvalue weighted by Crippen LogP contribution is 2.24. The molecule has 0 saturated carbocycles. The Balaban J connectivity index is 2.08. The summed E-state index contributed by atoms with van der Waals surface area (Å²) in [6.45, 7) is 6.43. The van der Waals surface area contributed by atoms with Gasteiger partial charge in [-0.3, -0.25) is 4.68 Å². The fraction of sp³-hybridized carbons (Fsp3) is 0.700. The van der Waals surface area contributed by atoms with Crippen molar-refractivity contribution < 1.29 is 0 Å². The summed E-state index contributed by atoms with van der Waals surface area (Å²) in [6, 6.07) is 0.662. The van der Waals surface area contributed by atoms with Crippen LogP contribution in [-0.4, -0.2) is 22.4 Å². The van der Waals surface area contributed by atoms with Crippen LogP contribution in [-0.2, 0) is 6.54 Å². The van der Waals surface area contributed by atoms with E-state index >= 15 is 0 Å². The first-order valence-electron chi connectivity index (χ1n) is 5.05. The normalized spacial score (nSPS) is 28.2. The molecule has 2 atom stereocenters. The maximum atomic E-state index is 4.29. The monoisotopic (exact) mass is 179 g/mol. The van der Waals surface area contributed by atoms with Crippen LogP contribution in [0.4, 0.5) is 0 Å². The number of nitrogens with zero attached hydrogens (tertiary/aromatic N) is 2. The van der Waals surface area contributed by atoms with Gasteiger partial charge in [-0.05, 0) is 25.8 Å². The zero-order valence-electron chi connectivity index (χ0n) is 8.33. The highest BCUT2D eigenvalue weighted by molar-refractivity contribution is 5.14. The van der Waals surface area contributed by atoms with E-state index in [0.29, 0.717) is 12.0 Å². The van der Waals surface area contributed by atoms with Crippen LogP contribution in [0.15, 0.2) is 12.4 Å². The lowest BCUT2D eigenvalue weighted by Gasteiger charge is -2.03. The van der Waals surface area contributed by atoms with Crippen molar-refractivity contribution in [2.24, 2.45) is 0 Å². The molecule has 2 heterocycles. The largest absolute Gasteiger partial charge is 0.314 e. The van der Waals surface area contributed by atoms with Gasteiger partial charge in [0, 0.05) is 31.2 Å². The van der Waals surface area contributed by atoms with Crippen molar-refractivity contribution in [3.63, 3.8) is 0 Å². The lowest BCUT2D eigenvalue weighted by Crippen LogP contribution is -2.16. The van der Waals surface area contributed by atoms with E-state index in [2.05, 4.69) is 30.5 Å². The van der Waals surface area contributed by atoms with Crippen LogP contribution >= 0.6 is 0 Å². The van der Waals surface area contributed by atoms with Gasteiger partial charge in [-0.25, -0.2) is 0 Å². The quantitative estimate of drug-likeness (QED) is 0.743. The molecule has 2 rings (SSSR count). The molecular formula is C10H17N3. The van der Waals surface area contributed by atoms with E-state index in [0.717, 1.165) is 13.1 Å². The second kappa shape index (κ2) is 3.50. The molecule has 1 aliphatic rings. The average Bonchev–Trinajstić information content (AvgIpc) is 2.71. The third kappa shape index (κ3) is 1.75. The van der Waals surface area contributed by atoms with Gasteiger partial charge in [-0.1, -0.05) is 0 Å². The molecule has 1 aliphatic heterocycles. The summed E-state index contributed by atoms with van der Waals surface area (Å²) in [7, 11) is 0. The summed E-state index contributed by atoms with van der Waals surface area (Å²) in [5.41, 5.74) is 1.39. The predicted molar refractivity (Wildman–Crippen MR) is 52.7 cm³/mol. The minimum atomic E-state index is 0.662. The van der Waals surface area contributed by atoms with E-state index in [1.807, 2.05) is 10.9 Å². The van der Waals surface area contributed by atoms with Crippen molar-refractivity contribution in [2.75, 3.05) is 6.54 Å². The van der Waals surface area contributed by atoms with Crippen molar-refractivity contribution in [1.29, 1.82) is 0 Å². The van der Waals surface area contributed by atoms with Gasteiger partial charge in [0.1, 0.15) is 0 Å². The first kappa shape index (κ1) is 8.75. The van der Waals surface area contributed by atoms with E-state index in [1.54, 1.807) is 0 Å². The lowest BCUT2D eigenvalue weighted by molar-refractivity contribution is 0.653. The van der Waals surface area contributed by atoms with Crippen LogP contribution in [0.5, 0.6) is 0 Å². The number of nitrogens with one attached hydrogen (secondary N) is 1. The summed E-state index contributed by atoms with van der Waals surface area (Å²) >= 11 is 0. The van der Waals surface area contributed by atoms with Crippen LogP contribution in [0.3, 0.4) is 0 Å². The third-order valence-electron chi connectivity index (χ3n) is 2.80. The third-order valence-corrected chi connectivity index (χ3v) is 2.80. The molecule has 0 aromatic carbocycles. The molecule has 3 nitrogen and oxygen atoms in total. The predicted octanol–water partition coefficient (Wildman–Crippen LogP) is 1.37. The molecule has 1 N–H and O–H groups in total. The van der Waals surface area contributed by atoms with E-state index in [-0.39, 0.29) is 0 Å². The standard InChI is InChI=1S/C10H17N3/c1-3-13-7-10(6-12-13)9-4-8(2)11-5-9/h6-9,11H,3-5H2,1-2H3. The Labute approximate surface area is 79.1 Å². The Hall–Kier alpha value is -0.830. The summed E-state index contributed by atoms with van der Waals surface area (Å²) in [4.78, 5) is 0. The van der Waals surface area contributed by atoms with Crippen LogP contribution in [0.1, 0.15) is 31.7 Å². The van der Waals surface area contributed by atoms with Gasteiger partial charge in [0.15, 0.2) is 0 Å². The zero-order valence-corrected chi connectivity index (χ0v) is 8.33. The number of rotatable bonds is 2. The minimum Gasteiger partial charge on any atom is -0.314 e. The summed E-state index contributed by atoms with van der Waals surface area (Å²) in [6.07, 6.45) is 5.42. The van der Waals surface area contributed by atoms with Gasteiger partial charge in [0.05, 0.1) is 6.20 Å². The van der Waals surface area contributed by atoms with Crippen molar-refractivity contribution >= 4 is 0 Å². The fourth-order valence-corrected chi connectivity index (χ4v) is 1.95. The lowest BCUT2D eigenvalue weighted by atomic mass is 10.0. The van der Waals surface area contributed by atoms with E-state index in [9.17, 15) is 0 Å². The second-order valence-electron chi connectivity index (χ2n) is 3.87. The van der Waals surface area contributed by atoms with Crippen molar-refractivity contribution in [2.45, 2.75) is 38.8 Å². The Bertz CT molecular complexity index is 279. The van der Waals surface area contributed by atoms with Crippen molar-refractivity contribution in [1.82, 2.24) is 15.1 Å². The molecule has 0 aliphatic carbocycles. The molecule has 3 heteroatoms. The smallest absolute Gasteiger partial charge is 0.0525 e. The molecule has 0 amide bonds. The van der Waals surface area contributed by atoms with E-state index in [1.165, 1.54) is 12.0 Å². The van der Waals surface area contributed by atoms with E-state index in [4.69, 9.17) is 0 Å². The van der Waals surface area contributed by atoms with Gasteiger partial charge < -0.3 is 5.32 Å². The van der Waals surface area contributed by atoms with Crippen molar-refractivity contribution in [3.8, 4) is 0 Å². The van der Waals surface area contributed by atoms with Gasteiger partial charge in [0.25, 0.3) is 0 Å². The Morgan fingerprint density at radius 1 is 1.69 bits per heavy atom. The molecule has 1 aromatic heterocycles. The van der Waals surface area contributed by atoms with Gasteiger partial charge in [-0.2, -0.15) is 5.10 Å². The maximum absolute atomic E-state index is 4.29. The van der Waals surface area contributed by atoms with E-state index < -0.39 is 0 Å². The highest BCUT2D eigenvalue weighted by Gasteiger charge is 2.22. The number of aromatic nitrogens is 2. The average molecular weight is 179 g/mol. The first-order chi connectivity index (χ1) is 6.29. The molecule has 1 saturated heterocycles. The SMILES string of the molecule is CCn1cc(C2CNC(C)C2)cn1. The zero-order chi connectivity index (χ0) is 9.26. The number of aryl methyl sites for hydroxylation is 1. The van der Waals surface area contributed by atoms with Gasteiger partial charge in [0.2, 0.25) is 0 Å². The maximum Gasteiger partial charge on any atom is 0.0525 e. The van der Waals surface area contributed by atoms with Crippen LogP contribution in [0.2, 0.25) is 0 Å². The minimum absolute atomic E-state index is 0.662. The van der Waals surface area contributed by atoms with Gasteiger partial charge in [-0.15, -0.1) is 0 Å². The molecule has 72 valence electrons. The molecule has 0 radical (unpaired) electrons. The Morgan fingerprint density at radius 3 is 3.08 bits per heavy atom. The molecule has 13 heavy (non-hydrogen) atoms. The molecule has 2 unspecified atom stereocenters. The Kier molecular flexibility index (Phi) is 2.36. The second-order valence-corrected chi connectivity index (χ2v) is 3.87. The molecule has 0 bridgehead atoms. The van der Waals surface area contributed by atoms with Crippen molar-refractivity contribution in [3.05, 3.63) is 18.0 Å². The molecule has 1 aromatic rings. The Morgan fingerprint density at radius 2 is 2.54 bits per heavy atom. The summed E-state index contributed by atoms with van der Waals surface area (Å²) in [5.74, 6) is 0.676. The highest BCUT2D eigenvalue weighted by atomic mass is 15.3. The van der Waals surface area contributed by atoms with Crippen LogP contribution < -0.4 is 5.32 Å². The summed E-state index contributed by atoms with van der Waals surface area (Å²) < 4.78 is 2.00. The summed E-state index contributed by atoms with van der Waals surface area (Å²) in [5, 5.41) is 7.75. The topological polar surface area (TPSA) is 29.9 Å². The van der Waals surface area contributed by atoms with Crippen LogP contribution in [0, 0.1) is 0 Å². The molecule has 0 spiro atoms. The van der Waals surface area contributed by atoms with Gasteiger partial charge >= 0.3 is 0 Å².